The van der Waals surface area contributed by atoms with Crippen molar-refractivity contribution in [1.29, 1.82) is 0 Å². The molecule has 0 fully saturated rings. The lowest BCUT2D eigenvalue weighted by atomic mass is 10.3. The Hall–Kier alpha value is -1.02. The van der Waals surface area contributed by atoms with Crippen molar-refractivity contribution in [3.8, 4) is 5.75 Å². The van der Waals surface area contributed by atoms with Gasteiger partial charge in [-0.15, -0.1) is 0 Å². The summed E-state index contributed by atoms with van der Waals surface area (Å²) in [6.45, 7) is 0.862. The molecule has 0 saturated heterocycles. The molecule has 1 rings (SSSR count). The maximum atomic E-state index is 9.76. The van der Waals surface area contributed by atoms with Crippen molar-refractivity contribution in [2.45, 2.75) is 6.42 Å². The van der Waals surface area contributed by atoms with Gasteiger partial charge in [0, 0.05) is 11.4 Å². The Balaban J connectivity index is 2.40. The molecule has 0 spiro atoms. The number of carbonyl (C=O) groups excluding carboxylic acids is 1. The number of isocyanates is 1. The van der Waals surface area contributed by atoms with Crippen LogP contribution in [0, 0.1) is 0 Å². The van der Waals surface area contributed by atoms with Crippen LogP contribution >= 0.6 is 23.2 Å². The van der Waals surface area contributed by atoms with E-state index in [9.17, 15) is 4.79 Å². The summed E-state index contributed by atoms with van der Waals surface area (Å²) in [7, 11) is 0. The minimum atomic E-state index is 0.411. The van der Waals surface area contributed by atoms with Gasteiger partial charge in [0.2, 0.25) is 6.08 Å². The number of rotatable bonds is 5. The molecule has 0 saturated carbocycles. The van der Waals surface area contributed by atoms with E-state index in [-0.39, 0.29) is 0 Å². The Morgan fingerprint density at radius 1 is 1.40 bits per heavy atom. The van der Waals surface area contributed by atoms with Crippen molar-refractivity contribution in [3.05, 3.63) is 28.2 Å². The van der Waals surface area contributed by atoms with Crippen molar-refractivity contribution >= 4 is 29.3 Å². The second-order valence-corrected chi connectivity index (χ2v) is 3.59. The molecule has 5 heteroatoms. The second kappa shape index (κ2) is 6.46. The van der Waals surface area contributed by atoms with Gasteiger partial charge in [0.05, 0.1) is 18.2 Å². The van der Waals surface area contributed by atoms with Gasteiger partial charge >= 0.3 is 0 Å². The van der Waals surface area contributed by atoms with Crippen LogP contribution in [0.25, 0.3) is 0 Å². The van der Waals surface area contributed by atoms with Crippen LogP contribution in [0.5, 0.6) is 5.75 Å². The maximum Gasteiger partial charge on any atom is 0.234 e. The van der Waals surface area contributed by atoms with Crippen LogP contribution in [0.15, 0.2) is 23.2 Å². The minimum absolute atomic E-state index is 0.411. The molecule has 0 bridgehead atoms. The SMILES string of the molecule is O=C=NCCCOc1ccc(Cl)cc1Cl. The molecule has 0 aliphatic rings. The molecule has 15 heavy (non-hydrogen) atoms. The molecule has 80 valence electrons. The molecular weight excluding hydrogens is 237 g/mol. The lowest BCUT2D eigenvalue weighted by molar-refractivity contribution is 0.313. The molecule has 0 N–H and O–H groups in total. The van der Waals surface area contributed by atoms with Gasteiger partial charge in [0.1, 0.15) is 5.75 Å². The minimum Gasteiger partial charge on any atom is -0.492 e. The van der Waals surface area contributed by atoms with E-state index < -0.39 is 0 Å². The third-order valence-electron chi connectivity index (χ3n) is 1.63. The van der Waals surface area contributed by atoms with E-state index in [1.807, 2.05) is 0 Å². The molecule has 1 aromatic rings. The van der Waals surface area contributed by atoms with Crippen LogP contribution in [0.1, 0.15) is 6.42 Å². The maximum absolute atomic E-state index is 9.76. The normalized spacial score (nSPS) is 9.47. The van der Waals surface area contributed by atoms with Crippen LogP contribution in [0.3, 0.4) is 0 Å². The number of aliphatic imine (C=N–C) groups is 1. The summed E-state index contributed by atoms with van der Waals surface area (Å²) in [5.74, 6) is 0.580. The van der Waals surface area contributed by atoms with Gasteiger partial charge < -0.3 is 4.74 Å². The highest BCUT2D eigenvalue weighted by Gasteiger charge is 2.01. The number of halogens is 2. The number of ether oxygens (including phenoxy) is 1. The van der Waals surface area contributed by atoms with Crippen molar-refractivity contribution < 1.29 is 9.53 Å². The topological polar surface area (TPSA) is 38.7 Å². The molecule has 0 aliphatic carbocycles. The monoisotopic (exact) mass is 245 g/mol. The number of hydrogen-bond acceptors (Lipinski definition) is 3. The van der Waals surface area contributed by atoms with Gasteiger partial charge in [0.15, 0.2) is 0 Å². The Bertz CT molecular complexity index is 376. The Labute approximate surface area is 97.7 Å². The van der Waals surface area contributed by atoms with E-state index in [4.69, 9.17) is 27.9 Å². The average Bonchev–Trinajstić information content (AvgIpc) is 2.20. The number of nitrogens with zero attached hydrogens (tertiary/aromatic N) is 1. The molecule has 0 amide bonds. The zero-order chi connectivity index (χ0) is 11.1. The zero-order valence-electron chi connectivity index (χ0n) is 7.87. The van der Waals surface area contributed by atoms with Crippen LogP contribution in [0.2, 0.25) is 10.0 Å². The van der Waals surface area contributed by atoms with E-state index in [1.165, 1.54) is 6.08 Å². The molecule has 0 aromatic heterocycles. The van der Waals surface area contributed by atoms with Gasteiger partial charge in [0.25, 0.3) is 0 Å². The molecular formula is C10H9Cl2NO2. The zero-order valence-corrected chi connectivity index (χ0v) is 9.38. The summed E-state index contributed by atoms with van der Waals surface area (Å²) in [4.78, 5) is 13.2. The second-order valence-electron chi connectivity index (χ2n) is 2.75. The van der Waals surface area contributed by atoms with Crippen LogP contribution in [-0.4, -0.2) is 19.2 Å². The van der Waals surface area contributed by atoms with Crippen molar-refractivity contribution in [3.63, 3.8) is 0 Å². The standard InChI is InChI=1S/C10H9Cl2NO2/c11-8-2-3-10(9(12)6-8)15-5-1-4-13-7-14/h2-3,6H,1,4-5H2. The van der Waals surface area contributed by atoms with Crippen molar-refractivity contribution in [2.75, 3.05) is 13.2 Å². The quantitative estimate of drug-likeness (QED) is 0.455. The highest BCUT2D eigenvalue weighted by Crippen LogP contribution is 2.27. The third kappa shape index (κ3) is 4.34. The number of benzene rings is 1. The highest BCUT2D eigenvalue weighted by atomic mass is 35.5. The van der Waals surface area contributed by atoms with E-state index >= 15 is 0 Å². The van der Waals surface area contributed by atoms with Gasteiger partial charge in [-0.1, -0.05) is 23.2 Å². The summed E-state index contributed by atoms with van der Waals surface area (Å²) in [5, 5.41) is 1.04. The highest BCUT2D eigenvalue weighted by molar-refractivity contribution is 6.35. The van der Waals surface area contributed by atoms with Crippen LogP contribution < -0.4 is 4.74 Å². The molecule has 0 unspecified atom stereocenters. The van der Waals surface area contributed by atoms with Crippen LogP contribution in [0.4, 0.5) is 0 Å². The lowest BCUT2D eigenvalue weighted by Gasteiger charge is -2.06. The van der Waals surface area contributed by atoms with Crippen molar-refractivity contribution in [2.24, 2.45) is 4.99 Å². The molecule has 0 heterocycles. The van der Waals surface area contributed by atoms with E-state index in [0.29, 0.717) is 35.4 Å². The fourth-order valence-corrected chi connectivity index (χ4v) is 1.43. The molecule has 0 aliphatic heterocycles. The molecule has 0 radical (unpaired) electrons. The molecule has 0 atom stereocenters. The predicted molar refractivity (Wildman–Crippen MR) is 59.6 cm³/mol. The smallest absolute Gasteiger partial charge is 0.234 e. The average molecular weight is 246 g/mol. The van der Waals surface area contributed by atoms with Gasteiger partial charge in [-0.3, -0.25) is 0 Å². The summed E-state index contributed by atoms with van der Waals surface area (Å²) >= 11 is 11.6. The first-order valence-corrected chi connectivity index (χ1v) is 5.11. The van der Waals surface area contributed by atoms with Gasteiger partial charge in [-0.25, -0.2) is 9.79 Å². The first-order valence-electron chi connectivity index (χ1n) is 4.35. The molecule has 1 aromatic carbocycles. The molecule has 3 nitrogen and oxygen atoms in total. The largest absolute Gasteiger partial charge is 0.492 e. The summed E-state index contributed by atoms with van der Waals surface area (Å²) in [5.41, 5.74) is 0. The Morgan fingerprint density at radius 3 is 2.87 bits per heavy atom. The fourth-order valence-electron chi connectivity index (χ4n) is 0.964. The lowest BCUT2D eigenvalue weighted by Crippen LogP contribution is -1.99. The van der Waals surface area contributed by atoms with E-state index in [1.54, 1.807) is 18.2 Å². The van der Waals surface area contributed by atoms with E-state index in [2.05, 4.69) is 4.99 Å². The summed E-state index contributed by atoms with van der Waals surface area (Å²) < 4.78 is 5.36. The number of hydrogen-bond donors (Lipinski definition) is 0. The van der Waals surface area contributed by atoms with Crippen LogP contribution in [-0.2, 0) is 4.79 Å². The summed E-state index contributed by atoms with van der Waals surface area (Å²) in [6.07, 6.45) is 2.11. The fraction of sp³-hybridized carbons (Fsp3) is 0.300. The van der Waals surface area contributed by atoms with Gasteiger partial charge in [-0.05, 0) is 18.2 Å². The predicted octanol–water partition coefficient (Wildman–Crippen LogP) is 3.10. The Morgan fingerprint density at radius 2 is 2.20 bits per heavy atom. The van der Waals surface area contributed by atoms with E-state index in [0.717, 1.165) is 0 Å². The third-order valence-corrected chi connectivity index (χ3v) is 2.16. The van der Waals surface area contributed by atoms with Gasteiger partial charge in [-0.2, -0.15) is 0 Å². The van der Waals surface area contributed by atoms with Crippen molar-refractivity contribution in [1.82, 2.24) is 0 Å². The summed E-state index contributed by atoms with van der Waals surface area (Å²) in [6, 6.07) is 5.02. The first kappa shape index (κ1) is 12.1. The Kier molecular flexibility index (Phi) is 5.19. The first-order chi connectivity index (χ1) is 7.24.